The zero-order valence-corrected chi connectivity index (χ0v) is 21.0. The normalized spacial score (nSPS) is 14.1. The van der Waals surface area contributed by atoms with Crippen LogP contribution in [-0.4, -0.2) is 29.5 Å². The van der Waals surface area contributed by atoms with E-state index in [9.17, 15) is 22.8 Å². The van der Waals surface area contributed by atoms with Crippen molar-refractivity contribution in [2.24, 2.45) is 0 Å². The summed E-state index contributed by atoms with van der Waals surface area (Å²) in [5, 5.41) is 2.88. The molecule has 38 heavy (non-hydrogen) atoms. The van der Waals surface area contributed by atoms with Gasteiger partial charge in [-0.3, -0.25) is 4.98 Å². The molecule has 1 aliphatic rings. The number of ether oxygens (including phenoxy) is 3. The van der Waals surface area contributed by atoms with Crippen LogP contribution in [0.15, 0.2) is 60.8 Å². The van der Waals surface area contributed by atoms with Crippen molar-refractivity contribution in [2.45, 2.75) is 58.1 Å². The number of nitrogens with one attached hydrogen (secondary N) is 1. The van der Waals surface area contributed by atoms with Crippen molar-refractivity contribution in [3.05, 3.63) is 77.5 Å². The minimum Gasteiger partial charge on any atom is -0.431 e. The molecule has 0 spiro atoms. The lowest BCUT2D eigenvalue weighted by molar-refractivity contribution is -0.137. The van der Waals surface area contributed by atoms with Gasteiger partial charge in [-0.05, 0) is 56.4 Å². The molecular weight excluding hydrogens is 501 g/mol. The lowest BCUT2D eigenvalue weighted by atomic mass is 10.0. The Morgan fingerprint density at radius 3 is 2.32 bits per heavy atom. The summed E-state index contributed by atoms with van der Waals surface area (Å²) in [6.07, 6.45) is -4.10. The van der Waals surface area contributed by atoms with Gasteiger partial charge in [-0.2, -0.15) is 13.2 Å². The van der Waals surface area contributed by atoms with Gasteiger partial charge in [-0.15, -0.1) is 0 Å². The van der Waals surface area contributed by atoms with Crippen LogP contribution in [0.1, 0.15) is 61.0 Å². The number of carbonyl (C=O) groups is 2. The molecule has 7 nitrogen and oxygen atoms in total. The molecule has 0 amide bonds. The highest BCUT2D eigenvalue weighted by atomic mass is 19.4. The van der Waals surface area contributed by atoms with E-state index in [2.05, 4.69) is 10.3 Å². The summed E-state index contributed by atoms with van der Waals surface area (Å²) in [4.78, 5) is 28.9. The highest BCUT2D eigenvalue weighted by Gasteiger charge is 2.35. The van der Waals surface area contributed by atoms with E-state index >= 15 is 0 Å². The first-order valence-corrected chi connectivity index (χ1v) is 12.1. The molecule has 2 aromatic carbocycles. The molecule has 200 valence electrons. The molecule has 0 radical (unpaired) electrons. The van der Waals surface area contributed by atoms with Gasteiger partial charge in [0.1, 0.15) is 0 Å². The van der Waals surface area contributed by atoms with Gasteiger partial charge in [0.25, 0.3) is 0 Å². The Hall–Kier alpha value is -4.08. The van der Waals surface area contributed by atoms with Crippen molar-refractivity contribution in [1.29, 1.82) is 0 Å². The second-order valence-electron chi connectivity index (χ2n) is 9.20. The lowest BCUT2D eigenvalue weighted by Gasteiger charge is -2.18. The minimum absolute atomic E-state index is 0.0371. The number of benzene rings is 2. The lowest BCUT2D eigenvalue weighted by Crippen LogP contribution is -2.24. The van der Waals surface area contributed by atoms with Crippen molar-refractivity contribution in [2.75, 3.05) is 5.32 Å². The van der Waals surface area contributed by atoms with Crippen molar-refractivity contribution in [1.82, 2.24) is 4.98 Å². The van der Waals surface area contributed by atoms with E-state index in [0.29, 0.717) is 11.5 Å². The number of halogens is 3. The third-order valence-electron chi connectivity index (χ3n) is 5.70. The van der Waals surface area contributed by atoms with Crippen molar-refractivity contribution >= 4 is 23.5 Å². The van der Waals surface area contributed by atoms with Gasteiger partial charge in [0.05, 0.1) is 40.5 Å². The average molecular weight is 529 g/mol. The first-order valence-electron chi connectivity index (χ1n) is 12.1. The summed E-state index contributed by atoms with van der Waals surface area (Å²) in [5.41, 5.74) is 0.458. The van der Waals surface area contributed by atoms with Crippen LogP contribution in [0.3, 0.4) is 0 Å². The molecule has 0 bridgehead atoms. The monoisotopic (exact) mass is 528 g/mol. The minimum atomic E-state index is -4.66. The molecule has 10 heteroatoms. The molecule has 0 saturated heterocycles. The number of hydrogen-bond acceptors (Lipinski definition) is 7. The molecule has 1 aromatic heterocycles. The number of aromatic nitrogens is 1. The van der Waals surface area contributed by atoms with Gasteiger partial charge in [0.15, 0.2) is 0 Å². The highest BCUT2D eigenvalue weighted by molar-refractivity contribution is 5.97. The summed E-state index contributed by atoms with van der Waals surface area (Å²) in [7, 11) is 0. The number of carbonyl (C=O) groups excluding carboxylic acids is 2. The quantitative estimate of drug-likeness (QED) is 0.240. The summed E-state index contributed by atoms with van der Waals surface area (Å²) >= 11 is 0. The molecule has 1 N–H and O–H groups in total. The largest absolute Gasteiger partial charge is 0.511 e. The Labute approximate surface area is 217 Å². The van der Waals surface area contributed by atoms with Crippen LogP contribution < -0.4 is 5.32 Å². The van der Waals surface area contributed by atoms with Gasteiger partial charge in [0, 0.05) is 12.5 Å². The van der Waals surface area contributed by atoms with Crippen molar-refractivity contribution in [3.8, 4) is 11.3 Å². The smallest absolute Gasteiger partial charge is 0.431 e. The predicted molar refractivity (Wildman–Crippen MR) is 134 cm³/mol. The summed E-state index contributed by atoms with van der Waals surface area (Å²) < 4.78 is 56.9. The fourth-order valence-corrected chi connectivity index (χ4v) is 3.84. The van der Waals surface area contributed by atoms with Gasteiger partial charge < -0.3 is 19.5 Å². The molecule has 4 rings (SSSR count). The Morgan fingerprint density at radius 2 is 1.68 bits per heavy atom. The number of hydrogen-bond donors (Lipinski definition) is 1. The highest BCUT2D eigenvalue weighted by Crippen LogP contribution is 2.42. The van der Waals surface area contributed by atoms with Gasteiger partial charge in [-0.1, -0.05) is 36.4 Å². The molecule has 1 saturated carbocycles. The zero-order chi connectivity index (χ0) is 27.4. The van der Waals surface area contributed by atoms with E-state index in [0.717, 1.165) is 24.5 Å². The maximum atomic E-state index is 13.9. The molecule has 0 aliphatic heterocycles. The van der Waals surface area contributed by atoms with E-state index in [1.165, 1.54) is 13.1 Å². The topological polar surface area (TPSA) is 86.8 Å². The Morgan fingerprint density at radius 1 is 0.974 bits per heavy atom. The number of rotatable bonds is 8. The molecule has 1 atom stereocenters. The summed E-state index contributed by atoms with van der Waals surface area (Å²) in [5.74, 6) is -0.515. The zero-order valence-electron chi connectivity index (χ0n) is 21.0. The third kappa shape index (κ3) is 6.81. The fraction of sp³-hybridized carbons (Fsp3) is 0.321. The third-order valence-corrected chi connectivity index (χ3v) is 5.70. The average Bonchev–Trinajstić information content (AvgIpc) is 3.69. The van der Waals surface area contributed by atoms with E-state index in [-0.39, 0.29) is 22.6 Å². The first-order chi connectivity index (χ1) is 18.0. The number of pyridine rings is 1. The number of alkyl halides is 3. The van der Waals surface area contributed by atoms with Crippen LogP contribution in [0.4, 0.5) is 29.3 Å². The van der Waals surface area contributed by atoms with Crippen LogP contribution in [0.25, 0.3) is 11.3 Å². The number of nitrogens with zero attached hydrogens (tertiary/aromatic N) is 1. The second kappa shape index (κ2) is 11.1. The van der Waals surface area contributed by atoms with E-state index in [1.54, 1.807) is 56.3 Å². The molecule has 1 fully saturated rings. The summed E-state index contributed by atoms with van der Waals surface area (Å²) in [6.45, 7) is 4.65. The summed E-state index contributed by atoms with van der Waals surface area (Å²) in [6, 6.07) is 14.1. The predicted octanol–water partition coefficient (Wildman–Crippen LogP) is 7.45. The van der Waals surface area contributed by atoms with Crippen LogP contribution in [0, 0.1) is 0 Å². The van der Waals surface area contributed by atoms with Crippen molar-refractivity contribution < 1.29 is 37.0 Å². The van der Waals surface area contributed by atoms with E-state index < -0.39 is 36.3 Å². The number of esters is 1. The van der Waals surface area contributed by atoms with Crippen LogP contribution in [0.5, 0.6) is 0 Å². The number of anilines is 2. The van der Waals surface area contributed by atoms with Crippen LogP contribution >= 0.6 is 0 Å². The first kappa shape index (κ1) is 27.0. The maximum Gasteiger partial charge on any atom is 0.511 e. The fourth-order valence-electron chi connectivity index (χ4n) is 3.84. The maximum absolute atomic E-state index is 13.9. The van der Waals surface area contributed by atoms with Crippen LogP contribution in [-0.2, 0) is 20.4 Å². The van der Waals surface area contributed by atoms with E-state index in [4.69, 9.17) is 14.2 Å². The van der Waals surface area contributed by atoms with Gasteiger partial charge in [-0.25, -0.2) is 9.59 Å². The van der Waals surface area contributed by atoms with E-state index in [1.807, 2.05) is 6.07 Å². The standard InChI is InChI=1S/C28H27F3N2O5/c1-16(2)36-27(35)38-17(3)37-26(34)22-13-20(18-9-10-18)11-12-24(22)33-21-14-23(28(29,30)31)25(32-15-21)19-7-5-4-6-8-19/h4-8,11-18,33H,9-10H2,1-3H3. The molecule has 1 heterocycles. The molecule has 1 aliphatic carbocycles. The van der Waals surface area contributed by atoms with Crippen molar-refractivity contribution in [3.63, 3.8) is 0 Å². The molecular formula is C28H27F3N2O5. The Kier molecular flexibility index (Phi) is 7.89. The Balaban J connectivity index is 1.61. The van der Waals surface area contributed by atoms with Crippen LogP contribution in [0.2, 0.25) is 0 Å². The van der Waals surface area contributed by atoms with Gasteiger partial charge >= 0.3 is 18.3 Å². The Bertz CT molecular complexity index is 1310. The second-order valence-corrected chi connectivity index (χ2v) is 9.20. The molecule has 3 aromatic rings. The molecule has 1 unspecified atom stereocenters. The van der Waals surface area contributed by atoms with Gasteiger partial charge in [0.2, 0.25) is 6.29 Å². The SMILES string of the molecule is CC(C)OC(=O)OC(C)OC(=O)c1cc(C2CC2)ccc1Nc1cnc(-c2ccccc2)c(C(F)(F)F)c1.